The Bertz CT molecular complexity index is 752. The molecular weight excluding hydrogens is 328 g/mol. The Balaban J connectivity index is 1.82. The molecule has 0 aliphatic rings. The van der Waals surface area contributed by atoms with Gasteiger partial charge in [-0.1, -0.05) is 42.5 Å². The zero-order valence-electron chi connectivity index (χ0n) is 15.2. The van der Waals surface area contributed by atoms with E-state index in [2.05, 4.69) is 11.9 Å². The van der Waals surface area contributed by atoms with E-state index in [9.17, 15) is 9.59 Å². The highest BCUT2D eigenvalue weighted by Crippen LogP contribution is 2.13. The number of carbonyl (C=O) groups excluding carboxylic acids is 2. The number of nitrogens with one attached hydrogen (secondary N) is 1. The highest BCUT2D eigenvalue weighted by molar-refractivity contribution is 5.96. The van der Waals surface area contributed by atoms with Crippen molar-refractivity contribution in [1.29, 1.82) is 0 Å². The second-order valence-corrected chi connectivity index (χ2v) is 6.04. The molecule has 136 valence electrons. The molecule has 5 nitrogen and oxygen atoms in total. The minimum Gasteiger partial charge on any atom is -0.490 e. The van der Waals surface area contributed by atoms with E-state index in [1.165, 1.54) is 0 Å². The molecule has 5 heteroatoms. The predicted octanol–water partition coefficient (Wildman–Crippen LogP) is 2.95. The van der Waals surface area contributed by atoms with Crippen LogP contribution >= 0.6 is 0 Å². The van der Waals surface area contributed by atoms with E-state index < -0.39 is 0 Å². The second kappa shape index (κ2) is 9.42. The highest BCUT2D eigenvalue weighted by Gasteiger charge is 2.12. The van der Waals surface area contributed by atoms with E-state index >= 15 is 0 Å². The van der Waals surface area contributed by atoms with Crippen molar-refractivity contribution in [2.24, 2.45) is 0 Å². The third-order valence-electron chi connectivity index (χ3n) is 3.85. The lowest BCUT2D eigenvalue weighted by Gasteiger charge is -2.18. The molecule has 2 aromatic carbocycles. The topological polar surface area (TPSA) is 58.6 Å². The average molecular weight is 352 g/mol. The molecular formula is C21H24N2O3. The monoisotopic (exact) mass is 352 g/mol. The van der Waals surface area contributed by atoms with Crippen LogP contribution in [0.25, 0.3) is 0 Å². The molecule has 0 aliphatic carbocycles. The molecule has 26 heavy (non-hydrogen) atoms. The number of amides is 2. The van der Waals surface area contributed by atoms with Crippen LogP contribution in [-0.2, 0) is 11.3 Å². The summed E-state index contributed by atoms with van der Waals surface area (Å²) in [5, 5.41) is 2.66. The summed E-state index contributed by atoms with van der Waals surface area (Å²) in [5.74, 6) is 0.348. The Morgan fingerprint density at radius 2 is 1.77 bits per heavy atom. The lowest BCUT2D eigenvalue weighted by atomic mass is 10.1. The van der Waals surface area contributed by atoms with Gasteiger partial charge in [0, 0.05) is 19.2 Å². The summed E-state index contributed by atoms with van der Waals surface area (Å²) in [4.78, 5) is 25.9. The first kappa shape index (κ1) is 19.2. The van der Waals surface area contributed by atoms with Crippen LogP contribution in [-0.4, -0.2) is 36.9 Å². The fourth-order valence-corrected chi connectivity index (χ4v) is 2.31. The third kappa shape index (κ3) is 5.77. The number of ether oxygens (including phenoxy) is 1. The van der Waals surface area contributed by atoms with Crippen molar-refractivity contribution in [1.82, 2.24) is 10.2 Å². The number of benzene rings is 2. The van der Waals surface area contributed by atoms with Crippen LogP contribution in [0.2, 0.25) is 0 Å². The van der Waals surface area contributed by atoms with Gasteiger partial charge in [0.05, 0.1) is 6.54 Å². The largest absolute Gasteiger partial charge is 0.490 e. The fourth-order valence-electron chi connectivity index (χ4n) is 2.31. The van der Waals surface area contributed by atoms with Gasteiger partial charge in [-0.05, 0) is 36.8 Å². The molecule has 0 atom stereocenters. The maximum atomic E-state index is 12.2. The standard InChI is InChI=1S/C21H24N2O3/c1-4-13-26-19-11-7-17(8-12-19)15-23(3)20(24)14-22-21(25)18-9-5-16(2)6-10-18/h4-12H,1,13-15H2,2-3H3,(H,22,25). The molecule has 2 amide bonds. The van der Waals surface area contributed by atoms with Gasteiger partial charge in [0.15, 0.2) is 0 Å². The molecule has 0 saturated heterocycles. The lowest BCUT2D eigenvalue weighted by Crippen LogP contribution is -2.37. The van der Waals surface area contributed by atoms with Crippen LogP contribution in [0.3, 0.4) is 0 Å². The molecule has 1 N–H and O–H groups in total. The SMILES string of the molecule is C=CCOc1ccc(CN(C)C(=O)CNC(=O)c2ccc(C)cc2)cc1. The summed E-state index contributed by atoms with van der Waals surface area (Å²) >= 11 is 0. The van der Waals surface area contributed by atoms with E-state index in [0.717, 1.165) is 16.9 Å². The maximum Gasteiger partial charge on any atom is 0.251 e. The van der Waals surface area contributed by atoms with Crippen LogP contribution in [0.1, 0.15) is 21.5 Å². The molecule has 0 unspecified atom stereocenters. The van der Waals surface area contributed by atoms with Gasteiger partial charge in [0.1, 0.15) is 12.4 Å². The van der Waals surface area contributed by atoms with Crippen molar-refractivity contribution in [2.45, 2.75) is 13.5 Å². The van der Waals surface area contributed by atoms with E-state index in [1.54, 1.807) is 30.2 Å². The quantitative estimate of drug-likeness (QED) is 0.743. The van der Waals surface area contributed by atoms with Gasteiger partial charge in [0.25, 0.3) is 5.91 Å². The summed E-state index contributed by atoms with van der Waals surface area (Å²) in [6, 6.07) is 14.8. The highest BCUT2D eigenvalue weighted by atomic mass is 16.5. The summed E-state index contributed by atoms with van der Waals surface area (Å²) in [5.41, 5.74) is 2.61. The molecule has 2 aromatic rings. The zero-order chi connectivity index (χ0) is 18.9. The van der Waals surface area contributed by atoms with Crippen molar-refractivity contribution >= 4 is 11.8 Å². The van der Waals surface area contributed by atoms with Crippen LogP contribution in [0.5, 0.6) is 5.75 Å². The van der Waals surface area contributed by atoms with Gasteiger partial charge in [-0.25, -0.2) is 0 Å². The van der Waals surface area contributed by atoms with E-state index in [1.807, 2.05) is 43.3 Å². The molecule has 0 radical (unpaired) electrons. The predicted molar refractivity (Wildman–Crippen MR) is 102 cm³/mol. The van der Waals surface area contributed by atoms with Crippen molar-refractivity contribution in [2.75, 3.05) is 20.2 Å². The minimum absolute atomic E-state index is 0.0380. The van der Waals surface area contributed by atoms with E-state index in [4.69, 9.17) is 4.74 Å². The van der Waals surface area contributed by atoms with Crippen LogP contribution < -0.4 is 10.1 Å². The summed E-state index contributed by atoms with van der Waals surface area (Å²) < 4.78 is 5.43. The van der Waals surface area contributed by atoms with Gasteiger partial charge in [-0.2, -0.15) is 0 Å². The van der Waals surface area contributed by atoms with Gasteiger partial charge >= 0.3 is 0 Å². The number of likely N-dealkylation sites (N-methyl/N-ethyl adjacent to an activating group) is 1. The fraction of sp³-hybridized carbons (Fsp3) is 0.238. The molecule has 0 aliphatic heterocycles. The smallest absolute Gasteiger partial charge is 0.251 e. The first-order chi connectivity index (χ1) is 12.5. The lowest BCUT2D eigenvalue weighted by molar-refractivity contribution is -0.129. The minimum atomic E-state index is -0.254. The Hall–Kier alpha value is -3.08. The Morgan fingerprint density at radius 3 is 2.38 bits per heavy atom. The summed E-state index contributed by atoms with van der Waals surface area (Å²) in [7, 11) is 1.71. The number of hydrogen-bond donors (Lipinski definition) is 1. The van der Waals surface area contributed by atoms with Gasteiger partial charge in [-0.15, -0.1) is 0 Å². The maximum absolute atomic E-state index is 12.2. The third-order valence-corrected chi connectivity index (χ3v) is 3.85. The van der Waals surface area contributed by atoms with E-state index in [0.29, 0.717) is 18.7 Å². The first-order valence-electron chi connectivity index (χ1n) is 8.41. The van der Waals surface area contributed by atoms with Gasteiger partial charge in [0.2, 0.25) is 5.91 Å². The van der Waals surface area contributed by atoms with Gasteiger partial charge < -0.3 is 15.0 Å². The average Bonchev–Trinajstić information content (AvgIpc) is 2.65. The van der Waals surface area contributed by atoms with E-state index in [-0.39, 0.29) is 18.4 Å². The number of carbonyl (C=O) groups is 2. The molecule has 0 fully saturated rings. The zero-order valence-corrected chi connectivity index (χ0v) is 15.2. The van der Waals surface area contributed by atoms with Crippen molar-refractivity contribution in [3.63, 3.8) is 0 Å². The summed E-state index contributed by atoms with van der Waals surface area (Å²) in [6.07, 6.45) is 1.69. The first-order valence-corrected chi connectivity index (χ1v) is 8.41. The Kier molecular flexibility index (Phi) is 6.97. The van der Waals surface area contributed by atoms with Crippen molar-refractivity contribution < 1.29 is 14.3 Å². The molecule has 0 saturated carbocycles. The van der Waals surface area contributed by atoms with Crippen LogP contribution in [0.15, 0.2) is 61.2 Å². The number of hydrogen-bond acceptors (Lipinski definition) is 3. The molecule has 0 heterocycles. The molecule has 0 bridgehead atoms. The normalized spacial score (nSPS) is 10.1. The Labute approximate surface area is 154 Å². The molecule has 2 rings (SSSR count). The number of nitrogens with zero attached hydrogens (tertiary/aromatic N) is 1. The Morgan fingerprint density at radius 1 is 1.12 bits per heavy atom. The molecule has 0 aromatic heterocycles. The van der Waals surface area contributed by atoms with Crippen LogP contribution in [0, 0.1) is 6.92 Å². The second-order valence-electron chi connectivity index (χ2n) is 6.04. The summed E-state index contributed by atoms with van der Waals surface area (Å²) in [6.45, 7) is 6.44. The molecule has 0 spiro atoms. The van der Waals surface area contributed by atoms with Gasteiger partial charge in [-0.3, -0.25) is 9.59 Å². The number of aryl methyl sites for hydroxylation is 1. The van der Waals surface area contributed by atoms with Crippen molar-refractivity contribution in [3.8, 4) is 5.75 Å². The van der Waals surface area contributed by atoms with Crippen LogP contribution in [0.4, 0.5) is 0 Å². The van der Waals surface area contributed by atoms with Crippen molar-refractivity contribution in [3.05, 3.63) is 77.9 Å². The number of rotatable bonds is 8.